The number of carbonyl (C=O) groups excluding carboxylic acids is 1. The third-order valence-corrected chi connectivity index (χ3v) is 6.77. The molecular weight excluding hydrogens is 470 g/mol. The summed E-state index contributed by atoms with van der Waals surface area (Å²) in [5.74, 6) is -0.333. The summed E-state index contributed by atoms with van der Waals surface area (Å²) in [5, 5.41) is 0. The molecule has 4 aromatic rings. The van der Waals surface area contributed by atoms with Gasteiger partial charge in [0.2, 0.25) is 0 Å². The summed E-state index contributed by atoms with van der Waals surface area (Å²) in [5.41, 5.74) is 9.27. The lowest BCUT2D eigenvalue weighted by atomic mass is 10.1. The highest BCUT2D eigenvalue weighted by Crippen LogP contribution is 2.32. The first-order chi connectivity index (χ1) is 17.8. The Morgan fingerprint density at radius 2 is 1.78 bits per heavy atom. The van der Waals surface area contributed by atoms with Crippen molar-refractivity contribution in [3.63, 3.8) is 0 Å². The Kier molecular flexibility index (Phi) is 6.39. The molecule has 0 saturated carbocycles. The van der Waals surface area contributed by atoms with Gasteiger partial charge >= 0.3 is 5.69 Å². The Bertz CT molecular complexity index is 1640. The van der Waals surface area contributed by atoms with E-state index in [9.17, 15) is 14.4 Å². The molecule has 0 bridgehead atoms. The number of carbonyl (C=O) groups is 1. The van der Waals surface area contributed by atoms with Crippen molar-refractivity contribution < 1.29 is 9.53 Å². The summed E-state index contributed by atoms with van der Waals surface area (Å²) >= 11 is 0. The van der Waals surface area contributed by atoms with Crippen LogP contribution in [0.4, 0.5) is 0 Å². The van der Waals surface area contributed by atoms with E-state index in [-0.39, 0.29) is 41.6 Å². The van der Waals surface area contributed by atoms with Gasteiger partial charge < -0.3 is 10.5 Å². The van der Waals surface area contributed by atoms with Crippen molar-refractivity contribution in [1.82, 2.24) is 18.7 Å². The number of rotatable bonds is 7. The van der Waals surface area contributed by atoms with E-state index in [0.29, 0.717) is 18.5 Å². The molecule has 0 fully saturated rings. The number of allylic oxidation sites excluding steroid dienone is 2. The van der Waals surface area contributed by atoms with Gasteiger partial charge in [-0.25, -0.2) is 4.79 Å². The van der Waals surface area contributed by atoms with Crippen molar-refractivity contribution in [3.05, 3.63) is 104 Å². The number of aryl methyl sites for hydroxylation is 1. The van der Waals surface area contributed by atoms with Crippen LogP contribution in [-0.4, -0.2) is 30.6 Å². The molecule has 2 aromatic heterocycles. The predicted molar refractivity (Wildman–Crippen MR) is 141 cm³/mol. The lowest BCUT2D eigenvalue weighted by Crippen LogP contribution is -2.41. The number of ketones is 1. The average molecular weight is 500 g/mol. The Morgan fingerprint density at radius 1 is 1.08 bits per heavy atom. The van der Waals surface area contributed by atoms with Crippen molar-refractivity contribution in [2.24, 2.45) is 12.8 Å². The van der Waals surface area contributed by atoms with Crippen LogP contribution in [0.5, 0.6) is 6.01 Å². The van der Waals surface area contributed by atoms with Crippen LogP contribution < -0.4 is 21.7 Å². The minimum atomic E-state index is -0.620. The number of imidazole rings is 1. The van der Waals surface area contributed by atoms with Crippen LogP contribution in [0.3, 0.4) is 0 Å². The van der Waals surface area contributed by atoms with Crippen molar-refractivity contribution >= 4 is 16.9 Å². The van der Waals surface area contributed by atoms with Crippen molar-refractivity contribution in [3.8, 4) is 6.01 Å². The number of hydrogen-bond acceptors (Lipinski definition) is 6. The summed E-state index contributed by atoms with van der Waals surface area (Å²) in [6, 6.07) is 16.4. The molecule has 5 rings (SSSR count). The summed E-state index contributed by atoms with van der Waals surface area (Å²) in [6.45, 7) is 3.84. The molecule has 2 aromatic carbocycles. The molecule has 2 N–H and O–H groups in total. The maximum Gasteiger partial charge on any atom is 0.332 e. The minimum absolute atomic E-state index is 0.194. The van der Waals surface area contributed by atoms with E-state index in [1.54, 1.807) is 34.9 Å². The highest BCUT2D eigenvalue weighted by molar-refractivity contribution is 5.95. The highest BCUT2D eigenvalue weighted by Gasteiger charge is 2.33. The summed E-state index contributed by atoms with van der Waals surface area (Å²) in [4.78, 5) is 44.3. The lowest BCUT2D eigenvalue weighted by molar-refractivity contribution is 0.0969. The standard InChI is InChI=1S/C28H29N5O4/c1-17(2)13-14-32-24-25(30-27(32)37-22-15-19-11-7-8-12-20(19)23(22)29)31(3)28(36)33(26(24)35)16-21(34)18-9-5-4-6-10-18/h4-13,22-23H,14-16,29H2,1-3H3/t22-,23+/m1/s1. The zero-order valence-corrected chi connectivity index (χ0v) is 21.0. The van der Waals surface area contributed by atoms with Gasteiger partial charge in [-0.3, -0.25) is 23.3 Å². The normalized spacial score (nSPS) is 16.5. The van der Waals surface area contributed by atoms with E-state index in [4.69, 9.17) is 10.5 Å². The van der Waals surface area contributed by atoms with Gasteiger partial charge in [0, 0.05) is 25.6 Å². The fourth-order valence-electron chi connectivity index (χ4n) is 4.72. The van der Waals surface area contributed by atoms with Crippen molar-refractivity contribution in [1.29, 1.82) is 0 Å². The third kappa shape index (κ3) is 4.42. The van der Waals surface area contributed by atoms with Gasteiger partial charge in [-0.05, 0) is 25.0 Å². The maximum absolute atomic E-state index is 13.7. The number of fused-ring (bicyclic) bond motifs is 2. The third-order valence-electron chi connectivity index (χ3n) is 6.77. The molecule has 0 saturated heterocycles. The van der Waals surface area contributed by atoms with Crippen LogP contribution in [0.2, 0.25) is 0 Å². The first kappa shape index (κ1) is 24.5. The summed E-state index contributed by atoms with van der Waals surface area (Å²) in [6.07, 6.45) is 2.18. The van der Waals surface area contributed by atoms with Crippen LogP contribution in [0.25, 0.3) is 11.2 Å². The molecule has 190 valence electrons. The van der Waals surface area contributed by atoms with Gasteiger partial charge in [0.1, 0.15) is 6.10 Å². The quantitative estimate of drug-likeness (QED) is 0.309. The van der Waals surface area contributed by atoms with E-state index >= 15 is 0 Å². The Labute approximate surface area is 213 Å². The minimum Gasteiger partial charge on any atom is -0.459 e. The zero-order chi connectivity index (χ0) is 26.3. The smallest absolute Gasteiger partial charge is 0.332 e. The average Bonchev–Trinajstić information content (AvgIpc) is 3.42. The summed E-state index contributed by atoms with van der Waals surface area (Å²) in [7, 11) is 1.53. The van der Waals surface area contributed by atoms with E-state index < -0.39 is 11.2 Å². The number of ether oxygens (including phenoxy) is 1. The number of Topliss-reactive ketones (excluding diaryl/α,β-unsaturated/α-hetero) is 1. The maximum atomic E-state index is 13.7. The van der Waals surface area contributed by atoms with Gasteiger partial charge in [0.15, 0.2) is 16.9 Å². The van der Waals surface area contributed by atoms with Gasteiger partial charge in [-0.15, -0.1) is 0 Å². The van der Waals surface area contributed by atoms with Gasteiger partial charge in [-0.1, -0.05) is 66.2 Å². The van der Waals surface area contributed by atoms with Crippen LogP contribution in [0.15, 0.2) is 75.8 Å². The Balaban J connectivity index is 1.61. The number of nitrogens with two attached hydrogens (primary N) is 1. The number of nitrogens with zero attached hydrogens (tertiary/aromatic N) is 4. The topological polar surface area (TPSA) is 114 Å². The van der Waals surface area contributed by atoms with Crippen molar-refractivity contribution in [2.45, 2.75) is 45.5 Å². The Hall–Kier alpha value is -4.24. The molecular formula is C28H29N5O4. The predicted octanol–water partition coefficient (Wildman–Crippen LogP) is 2.75. The first-order valence-corrected chi connectivity index (χ1v) is 12.2. The van der Waals surface area contributed by atoms with E-state index in [1.807, 2.05) is 44.2 Å². The van der Waals surface area contributed by atoms with E-state index in [2.05, 4.69) is 4.98 Å². The summed E-state index contributed by atoms with van der Waals surface area (Å²) < 4.78 is 10.2. The molecule has 0 radical (unpaired) electrons. The van der Waals surface area contributed by atoms with Crippen LogP contribution in [0, 0.1) is 0 Å². The monoisotopic (exact) mass is 499 g/mol. The fourth-order valence-corrected chi connectivity index (χ4v) is 4.72. The van der Waals surface area contributed by atoms with Crippen LogP contribution in [-0.2, 0) is 26.6 Å². The second-order valence-corrected chi connectivity index (χ2v) is 9.57. The van der Waals surface area contributed by atoms with E-state index in [0.717, 1.165) is 21.3 Å². The highest BCUT2D eigenvalue weighted by atomic mass is 16.5. The Morgan fingerprint density at radius 3 is 2.49 bits per heavy atom. The molecule has 9 heteroatoms. The number of hydrogen-bond donors (Lipinski definition) is 1. The molecule has 2 atom stereocenters. The number of benzene rings is 2. The zero-order valence-electron chi connectivity index (χ0n) is 21.0. The molecule has 37 heavy (non-hydrogen) atoms. The second-order valence-electron chi connectivity index (χ2n) is 9.57. The molecule has 1 aliphatic rings. The molecule has 0 amide bonds. The van der Waals surface area contributed by atoms with Gasteiger partial charge in [0.05, 0.1) is 12.6 Å². The molecule has 0 aliphatic heterocycles. The lowest BCUT2D eigenvalue weighted by Gasteiger charge is -2.18. The van der Waals surface area contributed by atoms with E-state index in [1.165, 1.54) is 11.6 Å². The first-order valence-electron chi connectivity index (χ1n) is 12.2. The fraction of sp³-hybridized carbons (Fsp3) is 0.286. The molecule has 0 unspecified atom stereocenters. The van der Waals surface area contributed by atoms with Crippen molar-refractivity contribution in [2.75, 3.05) is 0 Å². The molecule has 0 spiro atoms. The van der Waals surface area contributed by atoms with Crippen LogP contribution in [0.1, 0.15) is 41.4 Å². The molecule has 9 nitrogen and oxygen atoms in total. The molecule has 1 aliphatic carbocycles. The largest absolute Gasteiger partial charge is 0.459 e. The number of aromatic nitrogens is 4. The van der Waals surface area contributed by atoms with Crippen LogP contribution >= 0.6 is 0 Å². The van der Waals surface area contributed by atoms with Gasteiger partial charge in [-0.2, -0.15) is 4.98 Å². The molecule has 2 heterocycles. The SMILES string of the molecule is CC(C)=CCn1c(O[C@@H]2Cc3ccccc3[C@@H]2N)nc2c1c(=O)n(CC(=O)c1ccccc1)c(=O)n2C. The van der Waals surface area contributed by atoms with Gasteiger partial charge in [0.25, 0.3) is 11.6 Å². The second kappa shape index (κ2) is 9.67.